The Hall–Kier alpha value is -0.420. The first-order valence-corrected chi connectivity index (χ1v) is 10.6. The monoisotopic (exact) mass is 408 g/mol. The van der Waals surface area contributed by atoms with Gasteiger partial charge >= 0.3 is 0 Å². The predicted octanol–water partition coefficient (Wildman–Crippen LogP) is 4.33. The van der Waals surface area contributed by atoms with Gasteiger partial charge in [-0.15, -0.1) is 0 Å². The standard InChI is InChI=1S/C21H33BrN2O/c1-16-6-7-19(21(22)11-16)14-24(15-20-5-4-10-25-20)9-8-23-12-17(2)18(3)13-23/h6-7,11,17-18,20H,4-5,8-10,12-15H2,1-3H3. The molecule has 1 aromatic carbocycles. The Labute approximate surface area is 161 Å². The third-order valence-electron chi connectivity index (χ3n) is 5.88. The first kappa shape index (κ1) is 19.3. The van der Waals surface area contributed by atoms with Gasteiger partial charge in [-0.1, -0.05) is 41.9 Å². The van der Waals surface area contributed by atoms with Crippen molar-refractivity contribution in [3.63, 3.8) is 0 Å². The lowest BCUT2D eigenvalue weighted by atomic mass is 10.0. The molecule has 0 aliphatic carbocycles. The molecule has 0 saturated carbocycles. The molecule has 2 saturated heterocycles. The van der Waals surface area contributed by atoms with E-state index in [4.69, 9.17) is 4.74 Å². The van der Waals surface area contributed by atoms with Crippen molar-refractivity contribution in [2.24, 2.45) is 11.8 Å². The number of hydrogen-bond acceptors (Lipinski definition) is 3. The Morgan fingerprint density at radius 1 is 1.24 bits per heavy atom. The van der Waals surface area contributed by atoms with E-state index >= 15 is 0 Å². The van der Waals surface area contributed by atoms with Crippen LogP contribution in [-0.2, 0) is 11.3 Å². The summed E-state index contributed by atoms with van der Waals surface area (Å²) < 4.78 is 7.14. The van der Waals surface area contributed by atoms with Gasteiger partial charge in [-0.25, -0.2) is 0 Å². The average molecular weight is 409 g/mol. The molecule has 1 aromatic rings. The van der Waals surface area contributed by atoms with Gasteiger partial charge in [0, 0.05) is 50.3 Å². The largest absolute Gasteiger partial charge is 0.377 e. The number of likely N-dealkylation sites (tertiary alicyclic amines) is 1. The summed E-state index contributed by atoms with van der Waals surface area (Å²) >= 11 is 3.75. The summed E-state index contributed by atoms with van der Waals surface area (Å²) in [6, 6.07) is 6.71. The van der Waals surface area contributed by atoms with Crippen LogP contribution in [0.4, 0.5) is 0 Å². The quantitative estimate of drug-likeness (QED) is 0.667. The van der Waals surface area contributed by atoms with E-state index in [1.54, 1.807) is 0 Å². The number of rotatable bonds is 7. The second-order valence-corrected chi connectivity index (χ2v) is 9.03. The van der Waals surface area contributed by atoms with Crippen LogP contribution in [-0.4, -0.2) is 55.2 Å². The van der Waals surface area contributed by atoms with Crippen LogP contribution in [0.5, 0.6) is 0 Å². The number of ether oxygens (including phenoxy) is 1. The summed E-state index contributed by atoms with van der Waals surface area (Å²) in [5, 5.41) is 0. The number of aryl methyl sites for hydroxylation is 1. The molecule has 0 aromatic heterocycles. The minimum Gasteiger partial charge on any atom is -0.377 e. The third-order valence-corrected chi connectivity index (χ3v) is 6.62. The summed E-state index contributed by atoms with van der Waals surface area (Å²) in [4.78, 5) is 5.24. The summed E-state index contributed by atoms with van der Waals surface area (Å²) in [5.41, 5.74) is 2.69. The van der Waals surface area contributed by atoms with Gasteiger partial charge in [-0.05, 0) is 48.8 Å². The Bertz CT molecular complexity index is 549. The van der Waals surface area contributed by atoms with Gasteiger partial charge in [-0.3, -0.25) is 4.90 Å². The smallest absolute Gasteiger partial charge is 0.0702 e. The van der Waals surface area contributed by atoms with Crippen molar-refractivity contribution >= 4 is 15.9 Å². The second-order valence-electron chi connectivity index (χ2n) is 8.18. The van der Waals surface area contributed by atoms with E-state index in [2.05, 4.69) is 64.7 Å². The second kappa shape index (κ2) is 8.98. The van der Waals surface area contributed by atoms with Gasteiger partial charge < -0.3 is 9.64 Å². The molecule has 4 heteroatoms. The Kier molecular flexibility index (Phi) is 6.95. The predicted molar refractivity (Wildman–Crippen MR) is 108 cm³/mol. The Balaban J connectivity index is 1.60. The summed E-state index contributed by atoms with van der Waals surface area (Å²) in [7, 11) is 0. The van der Waals surface area contributed by atoms with E-state index in [-0.39, 0.29) is 0 Å². The van der Waals surface area contributed by atoms with Crippen LogP contribution in [0.1, 0.15) is 37.8 Å². The van der Waals surface area contributed by atoms with Crippen LogP contribution in [0.25, 0.3) is 0 Å². The lowest BCUT2D eigenvalue weighted by molar-refractivity contribution is 0.0670. The number of halogens is 1. The lowest BCUT2D eigenvalue weighted by Crippen LogP contribution is -2.38. The zero-order valence-electron chi connectivity index (χ0n) is 16.0. The maximum absolute atomic E-state index is 5.91. The van der Waals surface area contributed by atoms with E-state index in [1.165, 1.54) is 48.1 Å². The molecule has 2 heterocycles. The first-order chi connectivity index (χ1) is 12.0. The number of benzene rings is 1. The van der Waals surface area contributed by atoms with Gasteiger partial charge in [-0.2, -0.15) is 0 Å². The number of hydrogen-bond donors (Lipinski definition) is 0. The molecule has 2 aliphatic rings. The topological polar surface area (TPSA) is 15.7 Å². The zero-order chi connectivity index (χ0) is 17.8. The summed E-state index contributed by atoms with van der Waals surface area (Å²) in [6.07, 6.45) is 2.85. The highest BCUT2D eigenvalue weighted by atomic mass is 79.9. The lowest BCUT2D eigenvalue weighted by Gasteiger charge is -2.28. The molecule has 3 atom stereocenters. The molecule has 2 fully saturated rings. The highest BCUT2D eigenvalue weighted by Crippen LogP contribution is 2.24. The molecule has 0 spiro atoms. The highest BCUT2D eigenvalue weighted by Gasteiger charge is 2.26. The molecular formula is C21H33BrN2O. The number of nitrogens with zero attached hydrogens (tertiary/aromatic N) is 2. The summed E-state index contributed by atoms with van der Waals surface area (Å²) in [5.74, 6) is 1.66. The van der Waals surface area contributed by atoms with Crippen LogP contribution in [0.2, 0.25) is 0 Å². The van der Waals surface area contributed by atoms with Crippen LogP contribution in [0.3, 0.4) is 0 Å². The van der Waals surface area contributed by atoms with Crippen molar-refractivity contribution in [3.05, 3.63) is 33.8 Å². The summed E-state index contributed by atoms with van der Waals surface area (Å²) in [6.45, 7) is 14.7. The fourth-order valence-corrected chi connectivity index (χ4v) is 4.67. The zero-order valence-corrected chi connectivity index (χ0v) is 17.6. The average Bonchev–Trinajstić information content (AvgIpc) is 3.18. The van der Waals surface area contributed by atoms with Gasteiger partial charge in [0.1, 0.15) is 0 Å². The molecule has 0 N–H and O–H groups in total. The van der Waals surface area contributed by atoms with Crippen molar-refractivity contribution in [2.45, 2.75) is 46.3 Å². The van der Waals surface area contributed by atoms with Gasteiger partial charge in [0.05, 0.1) is 6.10 Å². The minimum atomic E-state index is 0.417. The highest BCUT2D eigenvalue weighted by molar-refractivity contribution is 9.10. The van der Waals surface area contributed by atoms with Crippen LogP contribution in [0.15, 0.2) is 22.7 Å². The Morgan fingerprint density at radius 3 is 2.64 bits per heavy atom. The van der Waals surface area contributed by atoms with E-state index in [9.17, 15) is 0 Å². The van der Waals surface area contributed by atoms with Gasteiger partial charge in [0.15, 0.2) is 0 Å². The van der Waals surface area contributed by atoms with E-state index < -0.39 is 0 Å². The van der Waals surface area contributed by atoms with Crippen LogP contribution >= 0.6 is 15.9 Å². The molecule has 140 valence electrons. The van der Waals surface area contributed by atoms with E-state index in [1.807, 2.05) is 0 Å². The SMILES string of the molecule is Cc1ccc(CN(CCN2CC(C)C(C)C2)CC2CCCO2)c(Br)c1. The maximum Gasteiger partial charge on any atom is 0.0702 e. The van der Waals surface area contributed by atoms with E-state index in [0.717, 1.165) is 38.1 Å². The molecule has 3 unspecified atom stereocenters. The minimum absolute atomic E-state index is 0.417. The van der Waals surface area contributed by atoms with Gasteiger partial charge in [0.2, 0.25) is 0 Å². The van der Waals surface area contributed by atoms with Crippen LogP contribution < -0.4 is 0 Å². The Morgan fingerprint density at radius 2 is 2.00 bits per heavy atom. The molecular weight excluding hydrogens is 376 g/mol. The van der Waals surface area contributed by atoms with Crippen molar-refractivity contribution < 1.29 is 4.74 Å². The first-order valence-electron chi connectivity index (χ1n) is 9.82. The maximum atomic E-state index is 5.91. The molecule has 25 heavy (non-hydrogen) atoms. The molecule has 0 amide bonds. The molecule has 0 radical (unpaired) electrons. The van der Waals surface area contributed by atoms with E-state index in [0.29, 0.717) is 6.10 Å². The van der Waals surface area contributed by atoms with Gasteiger partial charge in [0.25, 0.3) is 0 Å². The molecule has 3 rings (SSSR count). The molecule has 3 nitrogen and oxygen atoms in total. The molecule has 0 bridgehead atoms. The van der Waals surface area contributed by atoms with Crippen molar-refractivity contribution in [3.8, 4) is 0 Å². The van der Waals surface area contributed by atoms with Crippen molar-refractivity contribution in [1.82, 2.24) is 9.80 Å². The third kappa shape index (κ3) is 5.53. The fraction of sp³-hybridized carbons (Fsp3) is 0.714. The normalized spacial score (nSPS) is 27.5. The fourth-order valence-electron chi connectivity index (χ4n) is 4.05. The van der Waals surface area contributed by atoms with Crippen molar-refractivity contribution in [1.29, 1.82) is 0 Å². The molecule has 2 aliphatic heterocycles. The van der Waals surface area contributed by atoms with Crippen molar-refractivity contribution in [2.75, 3.05) is 39.3 Å². The van der Waals surface area contributed by atoms with Crippen LogP contribution in [0, 0.1) is 18.8 Å².